The van der Waals surface area contributed by atoms with Gasteiger partial charge in [0.25, 0.3) is 0 Å². The fourth-order valence-electron chi connectivity index (χ4n) is 1.63. The fourth-order valence-corrected chi connectivity index (χ4v) is 1.63. The van der Waals surface area contributed by atoms with Gasteiger partial charge in [-0.05, 0) is 48.5 Å². The Hall–Kier alpha value is -1.14. The van der Waals surface area contributed by atoms with Gasteiger partial charge in [0.2, 0.25) is 0 Å². The first-order chi connectivity index (χ1) is 10.1. The van der Waals surface area contributed by atoms with Gasteiger partial charge >= 0.3 is 11.9 Å². The van der Waals surface area contributed by atoms with Crippen LogP contribution in [0.2, 0.25) is 0 Å². The number of hydrogen-bond acceptors (Lipinski definition) is 6. The second kappa shape index (κ2) is 9.10. The lowest BCUT2D eigenvalue weighted by molar-refractivity contribution is -0.179. The highest BCUT2D eigenvalue weighted by Crippen LogP contribution is 2.22. The van der Waals surface area contributed by atoms with Crippen LogP contribution in [0, 0.1) is 5.41 Å². The summed E-state index contributed by atoms with van der Waals surface area (Å²) in [6.45, 7) is 12.8. The molecule has 0 amide bonds. The molecule has 0 saturated heterocycles. The smallest absolute Gasteiger partial charge is 0.337 e. The molecule has 1 unspecified atom stereocenters. The van der Waals surface area contributed by atoms with E-state index < -0.39 is 23.0 Å². The number of ether oxygens (including phenoxy) is 4. The van der Waals surface area contributed by atoms with Crippen molar-refractivity contribution in [2.24, 2.45) is 5.41 Å². The maximum absolute atomic E-state index is 12.1. The maximum atomic E-state index is 12.1. The van der Waals surface area contributed by atoms with E-state index in [-0.39, 0.29) is 25.9 Å². The molecule has 0 rings (SSSR count). The molecule has 0 aliphatic carbocycles. The molecule has 0 aliphatic heterocycles. The molecule has 6 heteroatoms. The lowest BCUT2D eigenvalue weighted by Crippen LogP contribution is -2.44. The Labute approximate surface area is 133 Å². The first-order valence-corrected chi connectivity index (χ1v) is 7.69. The summed E-state index contributed by atoms with van der Waals surface area (Å²) in [4.78, 5) is 24.2. The number of rotatable bonds is 10. The molecule has 0 bridgehead atoms. The molecule has 0 aromatic rings. The Morgan fingerprint density at radius 2 is 1.50 bits per heavy atom. The predicted molar refractivity (Wildman–Crippen MR) is 82.5 cm³/mol. The molecule has 0 spiro atoms. The maximum Gasteiger partial charge on any atom is 0.337 e. The zero-order chi connectivity index (χ0) is 17.4. The third-order valence-corrected chi connectivity index (χ3v) is 3.02. The molecule has 0 aromatic carbocycles. The van der Waals surface area contributed by atoms with Crippen molar-refractivity contribution in [1.82, 2.24) is 0 Å². The van der Waals surface area contributed by atoms with E-state index >= 15 is 0 Å². The summed E-state index contributed by atoms with van der Waals surface area (Å²) >= 11 is 0. The van der Waals surface area contributed by atoms with Gasteiger partial charge in [-0.3, -0.25) is 4.79 Å². The largest absolute Gasteiger partial charge is 0.465 e. The van der Waals surface area contributed by atoms with E-state index in [0.29, 0.717) is 6.61 Å². The fraction of sp³-hybridized carbons (Fsp3) is 0.875. The summed E-state index contributed by atoms with van der Waals surface area (Å²) in [6, 6.07) is 0. The van der Waals surface area contributed by atoms with E-state index in [2.05, 4.69) is 0 Å². The van der Waals surface area contributed by atoms with E-state index in [9.17, 15) is 9.59 Å². The van der Waals surface area contributed by atoms with E-state index in [1.54, 1.807) is 34.6 Å². The average molecular weight is 318 g/mol. The van der Waals surface area contributed by atoms with Gasteiger partial charge < -0.3 is 18.9 Å². The van der Waals surface area contributed by atoms with Crippen molar-refractivity contribution in [3.05, 3.63) is 0 Å². The van der Waals surface area contributed by atoms with Crippen LogP contribution in [0.5, 0.6) is 0 Å². The van der Waals surface area contributed by atoms with Crippen LogP contribution in [0.15, 0.2) is 0 Å². The third kappa shape index (κ3) is 6.75. The Morgan fingerprint density at radius 1 is 0.909 bits per heavy atom. The Bertz CT molecular complexity index is 364. The Kier molecular flexibility index (Phi) is 8.63. The first-order valence-electron chi connectivity index (χ1n) is 7.69. The molecule has 0 radical (unpaired) electrons. The SMILES string of the molecule is CCOC(=O)C(C)(COC(=O)C(C)(C)OCC)COC(C)C. The highest BCUT2D eigenvalue weighted by Gasteiger charge is 2.39. The zero-order valence-corrected chi connectivity index (χ0v) is 14.9. The summed E-state index contributed by atoms with van der Waals surface area (Å²) in [5, 5.41) is 0. The summed E-state index contributed by atoms with van der Waals surface area (Å²) in [5.41, 5.74) is -2.10. The van der Waals surface area contributed by atoms with Crippen molar-refractivity contribution in [3.8, 4) is 0 Å². The number of hydrogen-bond donors (Lipinski definition) is 0. The molecular weight excluding hydrogens is 288 g/mol. The van der Waals surface area contributed by atoms with Gasteiger partial charge in [-0.1, -0.05) is 0 Å². The van der Waals surface area contributed by atoms with Crippen LogP contribution < -0.4 is 0 Å². The van der Waals surface area contributed by atoms with Crippen LogP contribution in [0.4, 0.5) is 0 Å². The molecule has 0 aromatic heterocycles. The second-order valence-electron chi connectivity index (χ2n) is 6.16. The van der Waals surface area contributed by atoms with Gasteiger partial charge in [0.15, 0.2) is 5.60 Å². The lowest BCUT2D eigenvalue weighted by Gasteiger charge is -2.29. The quantitative estimate of drug-likeness (QED) is 0.576. The molecule has 6 nitrogen and oxygen atoms in total. The van der Waals surface area contributed by atoms with Crippen LogP contribution in [-0.4, -0.2) is 50.1 Å². The number of carbonyl (C=O) groups excluding carboxylic acids is 2. The monoisotopic (exact) mass is 318 g/mol. The normalized spacial score (nSPS) is 14.5. The van der Waals surface area contributed by atoms with E-state index in [1.165, 1.54) is 0 Å². The summed E-state index contributed by atoms with van der Waals surface area (Å²) in [6.07, 6.45) is -0.0377. The molecule has 1 atom stereocenters. The predicted octanol–water partition coefficient (Wildman–Crippen LogP) is 2.34. The van der Waals surface area contributed by atoms with Gasteiger partial charge in [0.05, 0.1) is 19.3 Å². The highest BCUT2D eigenvalue weighted by molar-refractivity contribution is 5.80. The summed E-state index contributed by atoms with van der Waals surface area (Å²) < 4.78 is 21.2. The van der Waals surface area contributed by atoms with Gasteiger partial charge in [0.1, 0.15) is 12.0 Å². The molecule has 22 heavy (non-hydrogen) atoms. The highest BCUT2D eigenvalue weighted by atomic mass is 16.6. The number of esters is 2. The molecule has 0 saturated carbocycles. The molecular formula is C16H30O6. The molecule has 0 fully saturated rings. The Morgan fingerprint density at radius 3 is 1.95 bits per heavy atom. The van der Waals surface area contributed by atoms with Crippen molar-refractivity contribution in [1.29, 1.82) is 0 Å². The topological polar surface area (TPSA) is 71.1 Å². The van der Waals surface area contributed by atoms with Gasteiger partial charge in [-0.15, -0.1) is 0 Å². The third-order valence-electron chi connectivity index (χ3n) is 3.02. The lowest BCUT2D eigenvalue weighted by atomic mass is 9.93. The van der Waals surface area contributed by atoms with Crippen LogP contribution in [0.1, 0.15) is 48.5 Å². The molecule has 130 valence electrons. The molecule has 0 aliphatic rings. The minimum atomic E-state index is -1.05. The van der Waals surface area contributed by atoms with Gasteiger partial charge in [-0.25, -0.2) is 4.79 Å². The molecule has 0 heterocycles. The van der Waals surface area contributed by atoms with Gasteiger partial charge in [-0.2, -0.15) is 0 Å². The van der Waals surface area contributed by atoms with Crippen molar-refractivity contribution in [2.45, 2.75) is 60.2 Å². The van der Waals surface area contributed by atoms with Crippen LogP contribution >= 0.6 is 0 Å². The van der Waals surface area contributed by atoms with Crippen molar-refractivity contribution in [3.63, 3.8) is 0 Å². The standard InChI is InChI=1S/C16H30O6/c1-8-19-14(18)16(7,10-20-12(3)4)11-21-13(17)15(5,6)22-9-2/h12H,8-11H2,1-7H3. The minimum Gasteiger partial charge on any atom is -0.465 e. The van der Waals surface area contributed by atoms with Crippen LogP contribution in [-0.2, 0) is 28.5 Å². The average Bonchev–Trinajstić information content (AvgIpc) is 2.42. The number of carbonyl (C=O) groups is 2. The van der Waals surface area contributed by atoms with Crippen LogP contribution in [0.25, 0.3) is 0 Å². The van der Waals surface area contributed by atoms with E-state index in [1.807, 2.05) is 13.8 Å². The van der Waals surface area contributed by atoms with Crippen molar-refractivity contribution >= 4 is 11.9 Å². The molecule has 0 N–H and O–H groups in total. The van der Waals surface area contributed by atoms with Gasteiger partial charge in [0, 0.05) is 6.61 Å². The minimum absolute atomic E-state index is 0.0377. The van der Waals surface area contributed by atoms with Crippen LogP contribution in [0.3, 0.4) is 0 Å². The zero-order valence-electron chi connectivity index (χ0n) is 14.9. The first kappa shape index (κ1) is 20.9. The Balaban J connectivity index is 4.84. The van der Waals surface area contributed by atoms with E-state index in [0.717, 1.165) is 0 Å². The van der Waals surface area contributed by atoms with E-state index in [4.69, 9.17) is 18.9 Å². The summed E-state index contributed by atoms with van der Waals surface area (Å²) in [7, 11) is 0. The summed E-state index contributed by atoms with van der Waals surface area (Å²) in [5.74, 6) is -0.966. The van der Waals surface area contributed by atoms with Crippen molar-refractivity contribution in [2.75, 3.05) is 26.4 Å². The second-order valence-corrected chi connectivity index (χ2v) is 6.16. The van der Waals surface area contributed by atoms with Crippen molar-refractivity contribution < 1.29 is 28.5 Å².